The number of carboxylic acids is 1. The van der Waals surface area contributed by atoms with Gasteiger partial charge < -0.3 is 5.11 Å². The van der Waals surface area contributed by atoms with E-state index in [0.29, 0.717) is 16.5 Å². The summed E-state index contributed by atoms with van der Waals surface area (Å²) >= 11 is 3.20. The number of sulfone groups is 1. The fourth-order valence-electron chi connectivity index (χ4n) is 1.23. The molecule has 0 saturated carbocycles. The van der Waals surface area contributed by atoms with Crippen molar-refractivity contribution in [3.63, 3.8) is 0 Å². The van der Waals surface area contributed by atoms with Crippen LogP contribution in [0.2, 0.25) is 0 Å². The van der Waals surface area contributed by atoms with Gasteiger partial charge in [-0.25, -0.2) is 8.42 Å². The molecule has 0 bridgehead atoms. The van der Waals surface area contributed by atoms with Gasteiger partial charge in [-0.05, 0) is 30.2 Å². The van der Waals surface area contributed by atoms with Crippen molar-refractivity contribution >= 4 is 31.7 Å². The summed E-state index contributed by atoms with van der Waals surface area (Å²) < 4.78 is 23.3. The van der Waals surface area contributed by atoms with Gasteiger partial charge in [0.1, 0.15) is 0 Å². The first kappa shape index (κ1) is 13.2. The number of aryl methyl sites for hydroxylation is 1. The number of aliphatic carboxylic acids is 1. The van der Waals surface area contributed by atoms with Gasteiger partial charge in [0.2, 0.25) is 0 Å². The van der Waals surface area contributed by atoms with Crippen LogP contribution in [-0.2, 0) is 21.1 Å². The van der Waals surface area contributed by atoms with E-state index in [2.05, 4.69) is 15.9 Å². The van der Waals surface area contributed by atoms with Crippen LogP contribution in [0.1, 0.15) is 12.0 Å². The van der Waals surface area contributed by atoms with Crippen LogP contribution in [0, 0.1) is 0 Å². The molecule has 1 rings (SSSR count). The smallest absolute Gasteiger partial charge is 0.303 e. The second kappa shape index (κ2) is 4.97. The number of benzene rings is 1. The first-order valence-corrected chi connectivity index (χ1v) is 7.19. The summed E-state index contributed by atoms with van der Waals surface area (Å²) in [7, 11) is -3.26. The Labute approximate surface area is 102 Å². The molecule has 4 nitrogen and oxygen atoms in total. The molecule has 1 aromatic rings. The molecule has 0 fully saturated rings. The average Bonchev–Trinajstić information content (AvgIpc) is 2.12. The molecule has 0 radical (unpaired) electrons. The predicted octanol–water partition coefficient (Wildman–Crippen LogP) is 1.87. The van der Waals surface area contributed by atoms with E-state index in [9.17, 15) is 13.2 Å². The van der Waals surface area contributed by atoms with Crippen molar-refractivity contribution < 1.29 is 18.3 Å². The van der Waals surface area contributed by atoms with Gasteiger partial charge in [-0.1, -0.05) is 15.9 Å². The third-order valence-corrected chi connectivity index (χ3v) is 3.54. The fourth-order valence-corrected chi connectivity index (χ4v) is 2.63. The quantitative estimate of drug-likeness (QED) is 0.922. The van der Waals surface area contributed by atoms with Crippen LogP contribution in [-0.4, -0.2) is 25.7 Å². The summed E-state index contributed by atoms with van der Waals surface area (Å²) in [6.45, 7) is 0. The predicted molar refractivity (Wildman–Crippen MR) is 63.2 cm³/mol. The molecule has 0 aromatic heterocycles. The Morgan fingerprint density at radius 1 is 1.38 bits per heavy atom. The summed E-state index contributed by atoms with van der Waals surface area (Å²) in [4.78, 5) is 10.6. The molecule has 1 N–H and O–H groups in total. The topological polar surface area (TPSA) is 71.4 Å². The van der Waals surface area contributed by atoms with Crippen LogP contribution >= 0.6 is 15.9 Å². The highest BCUT2D eigenvalue weighted by Gasteiger charge is 2.10. The first-order valence-electron chi connectivity index (χ1n) is 4.50. The molecule has 0 amide bonds. The van der Waals surface area contributed by atoms with Gasteiger partial charge in [-0.15, -0.1) is 0 Å². The number of carboxylic acid groups (broad SMARTS) is 1. The van der Waals surface area contributed by atoms with Crippen molar-refractivity contribution in [3.05, 3.63) is 28.2 Å². The molecule has 16 heavy (non-hydrogen) atoms. The highest BCUT2D eigenvalue weighted by Crippen LogP contribution is 2.20. The third kappa shape index (κ3) is 3.94. The van der Waals surface area contributed by atoms with Crippen LogP contribution in [0.25, 0.3) is 0 Å². The number of hydrogen-bond acceptors (Lipinski definition) is 3. The van der Waals surface area contributed by atoms with E-state index in [1.807, 2.05) is 0 Å². The van der Waals surface area contributed by atoms with E-state index >= 15 is 0 Å². The molecule has 0 unspecified atom stereocenters. The third-order valence-electron chi connectivity index (χ3n) is 1.99. The van der Waals surface area contributed by atoms with Crippen LogP contribution in [0.15, 0.2) is 27.6 Å². The molecule has 0 atom stereocenters. The van der Waals surface area contributed by atoms with E-state index in [0.717, 1.165) is 6.26 Å². The average molecular weight is 307 g/mol. The second-order valence-corrected chi connectivity index (χ2v) is 6.39. The highest BCUT2D eigenvalue weighted by atomic mass is 79.9. The van der Waals surface area contributed by atoms with Crippen molar-refractivity contribution in [2.75, 3.05) is 6.26 Å². The van der Waals surface area contributed by atoms with Gasteiger partial charge in [-0.2, -0.15) is 0 Å². The molecule has 88 valence electrons. The summed E-state index contributed by atoms with van der Waals surface area (Å²) in [5, 5.41) is 8.54. The van der Waals surface area contributed by atoms with E-state index in [1.165, 1.54) is 12.1 Å². The normalized spacial score (nSPS) is 11.4. The number of carbonyl (C=O) groups is 1. The van der Waals surface area contributed by atoms with Gasteiger partial charge in [0.25, 0.3) is 0 Å². The minimum absolute atomic E-state index is 0.0142. The maximum Gasteiger partial charge on any atom is 0.303 e. The van der Waals surface area contributed by atoms with Gasteiger partial charge in [0, 0.05) is 17.1 Å². The Hall–Kier alpha value is -0.880. The number of hydrogen-bond donors (Lipinski definition) is 1. The van der Waals surface area contributed by atoms with Crippen molar-refractivity contribution in [3.8, 4) is 0 Å². The van der Waals surface area contributed by atoms with Crippen molar-refractivity contribution in [1.82, 2.24) is 0 Å². The fraction of sp³-hybridized carbons (Fsp3) is 0.300. The maximum atomic E-state index is 11.3. The molecular formula is C10H11BrO4S. The summed E-state index contributed by atoms with van der Waals surface area (Å²) in [6.07, 6.45) is 1.42. The SMILES string of the molecule is CS(=O)(=O)c1cc(Br)cc(CCC(=O)O)c1. The number of halogens is 1. The second-order valence-electron chi connectivity index (χ2n) is 3.46. The van der Waals surface area contributed by atoms with E-state index in [4.69, 9.17) is 5.11 Å². The molecule has 0 aliphatic heterocycles. The lowest BCUT2D eigenvalue weighted by atomic mass is 10.1. The zero-order chi connectivity index (χ0) is 12.3. The molecule has 6 heteroatoms. The lowest BCUT2D eigenvalue weighted by Crippen LogP contribution is -2.01. The summed E-state index contributed by atoms with van der Waals surface area (Å²) in [5.41, 5.74) is 0.692. The van der Waals surface area contributed by atoms with E-state index in [1.54, 1.807) is 6.07 Å². The minimum Gasteiger partial charge on any atom is -0.481 e. The van der Waals surface area contributed by atoms with Crippen LogP contribution < -0.4 is 0 Å². The van der Waals surface area contributed by atoms with Crippen molar-refractivity contribution in [1.29, 1.82) is 0 Å². The van der Waals surface area contributed by atoms with Crippen LogP contribution in [0.5, 0.6) is 0 Å². The first-order chi connectivity index (χ1) is 7.29. The lowest BCUT2D eigenvalue weighted by Gasteiger charge is -2.04. The Balaban J connectivity index is 3.04. The molecular weight excluding hydrogens is 296 g/mol. The molecule has 0 heterocycles. The van der Waals surface area contributed by atoms with Crippen molar-refractivity contribution in [2.24, 2.45) is 0 Å². The van der Waals surface area contributed by atoms with Crippen LogP contribution in [0.3, 0.4) is 0 Å². The Morgan fingerprint density at radius 2 is 2.00 bits per heavy atom. The number of rotatable bonds is 4. The summed E-state index contributed by atoms with van der Waals surface area (Å²) in [6, 6.07) is 4.72. The lowest BCUT2D eigenvalue weighted by molar-refractivity contribution is -0.136. The highest BCUT2D eigenvalue weighted by molar-refractivity contribution is 9.10. The Morgan fingerprint density at radius 3 is 2.50 bits per heavy atom. The van der Waals surface area contributed by atoms with E-state index < -0.39 is 15.8 Å². The van der Waals surface area contributed by atoms with Crippen LogP contribution in [0.4, 0.5) is 0 Å². The Kier molecular flexibility index (Phi) is 4.09. The van der Waals surface area contributed by atoms with Gasteiger partial charge >= 0.3 is 5.97 Å². The summed E-state index contributed by atoms with van der Waals surface area (Å²) in [5.74, 6) is -0.902. The molecule has 0 saturated heterocycles. The van der Waals surface area contributed by atoms with Gasteiger partial charge in [0.15, 0.2) is 9.84 Å². The molecule has 0 aliphatic rings. The van der Waals surface area contributed by atoms with Gasteiger partial charge in [0.05, 0.1) is 4.90 Å². The van der Waals surface area contributed by atoms with E-state index in [-0.39, 0.29) is 11.3 Å². The largest absolute Gasteiger partial charge is 0.481 e. The van der Waals surface area contributed by atoms with Crippen molar-refractivity contribution in [2.45, 2.75) is 17.7 Å². The zero-order valence-electron chi connectivity index (χ0n) is 8.60. The molecule has 1 aromatic carbocycles. The Bertz CT molecular complexity index is 508. The monoisotopic (exact) mass is 306 g/mol. The minimum atomic E-state index is -3.26. The molecule has 0 aliphatic carbocycles. The maximum absolute atomic E-state index is 11.3. The van der Waals surface area contributed by atoms with Gasteiger partial charge in [-0.3, -0.25) is 4.79 Å². The standard InChI is InChI=1S/C10H11BrO4S/c1-16(14,15)9-5-7(2-3-10(12)13)4-8(11)6-9/h4-6H,2-3H2,1H3,(H,12,13). The zero-order valence-corrected chi connectivity index (χ0v) is 11.0. The molecule has 0 spiro atoms.